The Balaban J connectivity index is 1.56. The normalized spacial score (nSPS) is 10.7. The highest BCUT2D eigenvalue weighted by atomic mass is 35.5. The maximum absolute atomic E-state index is 13.0. The van der Waals surface area contributed by atoms with Crippen LogP contribution in [-0.2, 0) is 6.54 Å². The number of aromatic nitrogens is 2. The molecule has 1 aromatic heterocycles. The second-order valence-corrected chi connectivity index (χ2v) is 7.90. The van der Waals surface area contributed by atoms with Crippen molar-refractivity contribution in [3.8, 4) is 5.69 Å². The summed E-state index contributed by atoms with van der Waals surface area (Å²) in [6.07, 6.45) is 0. The lowest BCUT2D eigenvalue weighted by Gasteiger charge is -2.10. The Morgan fingerprint density at radius 2 is 1.50 bits per heavy atom. The highest BCUT2D eigenvalue weighted by Gasteiger charge is 2.19. The quantitative estimate of drug-likeness (QED) is 0.411. The minimum Gasteiger partial charge on any atom is -0.348 e. The van der Waals surface area contributed by atoms with Crippen LogP contribution in [0.2, 0.25) is 5.02 Å². The fourth-order valence-electron chi connectivity index (χ4n) is 3.65. The molecule has 6 heteroatoms. The Kier molecular flexibility index (Phi) is 6.19. The largest absolute Gasteiger partial charge is 0.348 e. The van der Waals surface area contributed by atoms with Gasteiger partial charge in [0.25, 0.3) is 5.91 Å². The molecule has 160 valence electrons. The molecule has 32 heavy (non-hydrogen) atoms. The first kappa shape index (κ1) is 21.5. The molecule has 1 heterocycles. The molecule has 0 radical (unpaired) electrons. The van der Waals surface area contributed by atoms with Gasteiger partial charge in [0.15, 0.2) is 5.78 Å². The van der Waals surface area contributed by atoms with Crippen molar-refractivity contribution in [1.82, 2.24) is 15.1 Å². The van der Waals surface area contributed by atoms with Gasteiger partial charge in [-0.1, -0.05) is 48.0 Å². The summed E-state index contributed by atoms with van der Waals surface area (Å²) >= 11 is 5.93. The van der Waals surface area contributed by atoms with E-state index < -0.39 is 0 Å². The second-order valence-electron chi connectivity index (χ2n) is 7.46. The summed E-state index contributed by atoms with van der Waals surface area (Å²) in [5.41, 5.74) is 4.87. The molecule has 0 unspecified atom stereocenters. The first-order valence-corrected chi connectivity index (χ1v) is 10.6. The van der Waals surface area contributed by atoms with Crippen LogP contribution in [-0.4, -0.2) is 21.5 Å². The van der Waals surface area contributed by atoms with Crippen LogP contribution < -0.4 is 5.32 Å². The van der Waals surface area contributed by atoms with Gasteiger partial charge < -0.3 is 5.32 Å². The summed E-state index contributed by atoms with van der Waals surface area (Å²) in [7, 11) is 0. The molecule has 4 rings (SSSR count). The second kappa shape index (κ2) is 9.20. The lowest BCUT2D eigenvalue weighted by atomic mass is 9.98. The van der Waals surface area contributed by atoms with E-state index in [1.807, 2.05) is 48.9 Å². The zero-order valence-corrected chi connectivity index (χ0v) is 18.6. The molecule has 5 nitrogen and oxygen atoms in total. The molecule has 1 N–H and O–H groups in total. The number of hydrogen-bond donors (Lipinski definition) is 1. The SMILES string of the molecule is Cc1nn(-c2ccccc2)c(C)c1CNC(=O)c1ccccc1C(=O)c1ccc(Cl)cc1. The van der Waals surface area contributed by atoms with Gasteiger partial charge in [-0.25, -0.2) is 4.68 Å². The monoisotopic (exact) mass is 443 g/mol. The number of benzene rings is 3. The van der Waals surface area contributed by atoms with Crippen molar-refractivity contribution >= 4 is 23.3 Å². The smallest absolute Gasteiger partial charge is 0.252 e. The van der Waals surface area contributed by atoms with E-state index in [2.05, 4.69) is 10.4 Å². The average molecular weight is 444 g/mol. The Labute approximate surface area is 191 Å². The number of rotatable bonds is 6. The van der Waals surface area contributed by atoms with E-state index in [1.165, 1.54) is 0 Å². The zero-order valence-electron chi connectivity index (χ0n) is 17.8. The molecule has 0 spiro atoms. The van der Waals surface area contributed by atoms with E-state index >= 15 is 0 Å². The maximum Gasteiger partial charge on any atom is 0.252 e. The van der Waals surface area contributed by atoms with Gasteiger partial charge in [-0.3, -0.25) is 9.59 Å². The fraction of sp³-hybridized carbons (Fsp3) is 0.115. The number of carbonyl (C=O) groups excluding carboxylic acids is 2. The lowest BCUT2D eigenvalue weighted by molar-refractivity contribution is 0.0939. The third-order valence-electron chi connectivity index (χ3n) is 5.39. The topological polar surface area (TPSA) is 64.0 Å². The number of halogens is 1. The molecule has 0 saturated carbocycles. The molecular weight excluding hydrogens is 422 g/mol. The van der Waals surface area contributed by atoms with E-state index in [1.54, 1.807) is 48.5 Å². The van der Waals surface area contributed by atoms with Crippen molar-refractivity contribution in [2.45, 2.75) is 20.4 Å². The Morgan fingerprint density at radius 1 is 0.875 bits per heavy atom. The zero-order chi connectivity index (χ0) is 22.7. The number of carbonyl (C=O) groups is 2. The van der Waals surface area contributed by atoms with E-state index in [0.29, 0.717) is 28.3 Å². The van der Waals surface area contributed by atoms with Crippen molar-refractivity contribution in [2.75, 3.05) is 0 Å². The van der Waals surface area contributed by atoms with Gasteiger partial charge in [-0.15, -0.1) is 0 Å². The average Bonchev–Trinajstić information content (AvgIpc) is 3.11. The van der Waals surface area contributed by atoms with E-state index in [9.17, 15) is 9.59 Å². The number of hydrogen-bond acceptors (Lipinski definition) is 3. The number of amides is 1. The maximum atomic E-state index is 13.0. The predicted molar refractivity (Wildman–Crippen MR) is 126 cm³/mol. The van der Waals surface area contributed by atoms with Crippen molar-refractivity contribution in [3.63, 3.8) is 0 Å². The van der Waals surface area contributed by atoms with Crippen molar-refractivity contribution in [1.29, 1.82) is 0 Å². The number of aryl methyl sites for hydroxylation is 1. The number of ketones is 1. The molecule has 0 aliphatic heterocycles. The van der Waals surface area contributed by atoms with Crippen LogP contribution in [0.25, 0.3) is 5.69 Å². The van der Waals surface area contributed by atoms with Crippen LogP contribution in [0.15, 0.2) is 78.9 Å². The first-order valence-electron chi connectivity index (χ1n) is 10.2. The highest BCUT2D eigenvalue weighted by Crippen LogP contribution is 2.20. The first-order chi connectivity index (χ1) is 15.5. The summed E-state index contributed by atoms with van der Waals surface area (Å²) in [5, 5.41) is 8.13. The van der Waals surface area contributed by atoms with Crippen LogP contribution in [0.4, 0.5) is 0 Å². The molecule has 0 aliphatic rings. The summed E-state index contributed by atoms with van der Waals surface area (Å²) in [4.78, 5) is 26.0. The minimum atomic E-state index is -0.311. The van der Waals surface area contributed by atoms with Crippen molar-refractivity contribution < 1.29 is 9.59 Å². The molecule has 1 amide bonds. The van der Waals surface area contributed by atoms with Gasteiger partial charge in [-0.2, -0.15) is 5.10 Å². The Bertz CT molecular complexity index is 1280. The van der Waals surface area contributed by atoms with Crippen LogP contribution >= 0.6 is 11.6 Å². The molecule has 3 aromatic carbocycles. The van der Waals surface area contributed by atoms with E-state index in [0.717, 1.165) is 22.6 Å². The standard InChI is InChI=1S/C26H22ClN3O2/c1-17-24(18(2)30(29-17)21-8-4-3-5-9-21)16-28-26(32)23-11-7-6-10-22(23)25(31)19-12-14-20(27)15-13-19/h3-15H,16H2,1-2H3,(H,28,32). The van der Waals surface area contributed by atoms with Crippen LogP contribution in [0.5, 0.6) is 0 Å². The van der Waals surface area contributed by atoms with Gasteiger partial charge in [0, 0.05) is 34.0 Å². The predicted octanol–water partition coefficient (Wildman–Crippen LogP) is 5.30. The van der Waals surface area contributed by atoms with E-state index in [-0.39, 0.29) is 11.7 Å². The summed E-state index contributed by atoms with van der Waals surface area (Å²) < 4.78 is 1.87. The molecule has 0 bridgehead atoms. The molecular formula is C26H22ClN3O2. The number of para-hydroxylation sites is 1. The van der Waals surface area contributed by atoms with Crippen molar-refractivity contribution in [3.05, 3.63) is 118 Å². The molecule has 0 atom stereocenters. The van der Waals surface area contributed by atoms with Crippen molar-refractivity contribution in [2.24, 2.45) is 0 Å². The summed E-state index contributed by atoms with van der Waals surface area (Å²) in [6, 6.07) is 23.3. The van der Waals surface area contributed by atoms with Gasteiger partial charge in [-0.05, 0) is 56.3 Å². The highest BCUT2D eigenvalue weighted by molar-refractivity contribution is 6.30. The van der Waals surface area contributed by atoms with Gasteiger partial charge in [0.05, 0.1) is 16.9 Å². The number of nitrogens with one attached hydrogen (secondary N) is 1. The van der Waals surface area contributed by atoms with Gasteiger partial charge in [0.1, 0.15) is 0 Å². The Hall–Kier alpha value is -3.70. The third kappa shape index (κ3) is 4.34. The molecule has 4 aromatic rings. The van der Waals surface area contributed by atoms with Gasteiger partial charge >= 0.3 is 0 Å². The van der Waals surface area contributed by atoms with Crippen LogP contribution in [0.3, 0.4) is 0 Å². The molecule has 0 fully saturated rings. The fourth-order valence-corrected chi connectivity index (χ4v) is 3.78. The van der Waals surface area contributed by atoms with Crippen LogP contribution in [0, 0.1) is 13.8 Å². The minimum absolute atomic E-state index is 0.225. The van der Waals surface area contributed by atoms with E-state index in [4.69, 9.17) is 11.6 Å². The summed E-state index contributed by atoms with van der Waals surface area (Å²) in [5.74, 6) is -0.536. The number of nitrogens with zero attached hydrogens (tertiary/aromatic N) is 2. The van der Waals surface area contributed by atoms with Gasteiger partial charge in [0.2, 0.25) is 0 Å². The van der Waals surface area contributed by atoms with Crippen LogP contribution in [0.1, 0.15) is 43.2 Å². The Morgan fingerprint density at radius 3 is 2.19 bits per heavy atom. The molecule has 0 aliphatic carbocycles. The lowest BCUT2D eigenvalue weighted by Crippen LogP contribution is -2.25. The molecule has 0 saturated heterocycles. The third-order valence-corrected chi connectivity index (χ3v) is 5.64. The summed E-state index contributed by atoms with van der Waals surface area (Å²) in [6.45, 7) is 4.21.